The summed E-state index contributed by atoms with van der Waals surface area (Å²) in [5, 5.41) is 3.04. The summed E-state index contributed by atoms with van der Waals surface area (Å²) in [5.41, 5.74) is 1.39. The lowest BCUT2D eigenvalue weighted by Gasteiger charge is -2.32. The van der Waals surface area contributed by atoms with Gasteiger partial charge in [0.05, 0.1) is 5.54 Å². The minimum Gasteiger partial charge on any atom is -0.339 e. The third-order valence-electron chi connectivity index (χ3n) is 4.05. The van der Waals surface area contributed by atoms with Crippen LogP contribution in [-0.4, -0.2) is 10.9 Å². The first kappa shape index (κ1) is 15.9. The van der Waals surface area contributed by atoms with Gasteiger partial charge in [0.2, 0.25) is 5.95 Å². The van der Waals surface area contributed by atoms with Crippen LogP contribution in [0.4, 0.5) is 4.39 Å². The van der Waals surface area contributed by atoms with E-state index < -0.39 is 11.5 Å². The summed E-state index contributed by atoms with van der Waals surface area (Å²) in [6.45, 7) is 1.94. The molecule has 0 spiro atoms. The standard InChI is InChI=1S/C20H17FN2O/c1-20(16-8-4-2-5-9-16,17-10-6-3-7-11-17)23-19(24)15-12-13-22-18(21)14-15/h2-14H,1H3,(H,23,24). The molecule has 1 N–H and O–H groups in total. The number of aromatic nitrogens is 1. The first-order chi connectivity index (χ1) is 11.6. The highest BCUT2D eigenvalue weighted by Gasteiger charge is 2.31. The molecule has 1 heterocycles. The van der Waals surface area contributed by atoms with E-state index in [1.54, 1.807) is 0 Å². The molecule has 24 heavy (non-hydrogen) atoms. The van der Waals surface area contributed by atoms with Crippen molar-refractivity contribution < 1.29 is 9.18 Å². The van der Waals surface area contributed by atoms with Crippen LogP contribution in [0, 0.1) is 5.95 Å². The largest absolute Gasteiger partial charge is 0.339 e. The van der Waals surface area contributed by atoms with Crippen molar-refractivity contribution in [3.05, 3.63) is 102 Å². The summed E-state index contributed by atoms with van der Waals surface area (Å²) < 4.78 is 13.3. The molecule has 0 unspecified atom stereocenters. The number of hydrogen-bond acceptors (Lipinski definition) is 2. The molecule has 1 amide bonds. The summed E-state index contributed by atoms with van der Waals surface area (Å²) in [6.07, 6.45) is 1.28. The Hall–Kier alpha value is -3.01. The van der Waals surface area contributed by atoms with Crippen molar-refractivity contribution in [1.29, 1.82) is 0 Å². The minimum atomic E-state index is -0.737. The smallest absolute Gasteiger partial charge is 0.252 e. The van der Waals surface area contributed by atoms with Gasteiger partial charge in [-0.25, -0.2) is 4.98 Å². The predicted octanol–water partition coefficient (Wildman–Crippen LogP) is 3.91. The Morgan fingerprint density at radius 1 is 0.958 bits per heavy atom. The van der Waals surface area contributed by atoms with Gasteiger partial charge >= 0.3 is 0 Å². The van der Waals surface area contributed by atoms with Crippen LogP contribution in [0.3, 0.4) is 0 Å². The van der Waals surface area contributed by atoms with Gasteiger partial charge in [-0.3, -0.25) is 4.79 Å². The lowest BCUT2D eigenvalue weighted by molar-refractivity contribution is 0.0918. The van der Waals surface area contributed by atoms with Crippen molar-refractivity contribution in [3.8, 4) is 0 Å². The van der Waals surface area contributed by atoms with Gasteiger partial charge in [-0.1, -0.05) is 60.7 Å². The Balaban J connectivity index is 2.01. The van der Waals surface area contributed by atoms with Crippen LogP contribution < -0.4 is 5.32 Å². The highest BCUT2D eigenvalue weighted by atomic mass is 19.1. The number of benzene rings is 2. The van der Waals surface area contributed by atoms with Crippen molar-refractivity contribution in [2.45, 2.75) is 12.5 Å². The molecule has 0 radical (unpaired) electrons. The quantitative estimate of drug-likeness (QED) is 0.741. The SMILES string of the molecule is CC(NC(=O)c1ccnc(F)c1)(c1ccccc1)c1ccccc1. The van der Waals surface area contributed by atoms with Crippen LogP contribution in [0.25, 0.3) is 0 Å². The molecular formula is C20H17FN2O. The van der Waals surface area contributed by atoms with Gasteiger partial charge in [0.25, 0.3) is 5.91 Å². The van der Waals surface area contributed by atoms with E-state index in [0.29, 0.717) is 0 Å². The number of rotatable bonds is 4. The molecule has 0 atom stereocenters. The Morgan fingerprint density at radius 3 is 2.00 bits per heavy atom. The minimum absolute atomic E-state index is 0.237. The number of hydrogen-bond donors (Lipinski definition) is 1. The van der Waals surface area contributed by atoms with Gasteiger partial charge in [0.1, 0.15) is 0 Å². The lowest BCUT2D eigenvalue weighted by atomic mass is 9.84. The maximum Gasteiger partial charge on any atom is 0.252 e. The first-order valence-electron chi connectivity index (χ1n) is 7.65. The summed E-state index contributed by atoms with van der Waals surface area (Å²) >= 11 is 0. The van der Waals surface area contributed by atoms with Crippen LogP contribution in [-0.2, 0) is 5.54 Å². The van der Waals surface area contributed by atoms with E-state index in [0.717, 1.165) is 17.2 Å². The van der Waals surface area contributed by atoms with E-state index in [-0.39, 0.29) is 11.5 Å². The molecule has 4 heteroatoms. The topological polar surface area (TPSA) is 42.0 Å². The average Bonchev–Trinajstić information content (AvgIpc) is 2.63. The molecule has 3 rings (SSSR count). The molecule has 0 aliphatic carbocycles. The molecule has 3 aromatic rings. The fourth-order valence-corrected chi connectivity index (χ4v) is 2.70. The van der Waals surface area contributed by atoms with Crippen LogP contribution in [0.2, 0.25) is 0 Å². The summed E-state index contributed by atoms with van der Waals surface area (Å²) in [6, 6.07) is 22.0. The van der Waals surface area contributed by atoms with Gasteiger partial charge in [-0.05, 0) is 24.1 Å². The van der Waals surface area contributed by atoms with Crippen molar-refractivity contribution in [1.82, 2.24) is 10.3 Å². The highest BCUT2D eigenvalue weighted by Crippen LogP contribution is 2.29. The summed E-state index contributed by atoms with van der Waals surface area (Å²) in [7, 11) is 0. The van der Waals surface area contributed by atoms with Crippen molar-refractivity contribution in [2.24, 2.45) is 0 Å². The zero-order valence-corrected chi connectivity index (χ0v) is 13.2. The predicted molar refractivity (Wildman–Crippen MR) is 91.0 cm³/mol. The zero-order chi connectivity index (χ0) is 17.0. The number of nitrogens with one attached hydrogen (secondary N) is 1. The second-order valence-electron chi connectivity index (χ2n) is 5.68. The molecule has 0 fully saturated rings. The zero-order valence-electron chi connectivity index (χ0n) is 13.2. The molecule has 0 saturated heterocycles. The third-order valence-corrected chi connectivity index (χ3v) is 4.05. The van der Waals surface area contributed by atoms with E-state index in [2.05, 4.69) is 10.3 Å². The third kappa shape index (κ3) is 3.18. The van der Waals surface area contributed by atoms with Gasteiger partial charge in [0.15, 0.2) is 0 Å². The Kier molecular flexibility index (Phi) is 4.38. The maximum atomic E-state index is 13.3. The van der Waals surface area contributed by atoms with Crippen LogP contribution in [0.15, 0.2) is 79.0 Å². The molecule has 120 valence electrons. The van der Waals surface area contributed by atoms with Crippen LogP contribution in [0.1, 0.15) is 28.4 Å². The Bertz CT molecular complexity index is 795. The molecule has 0 saturated carbocycles. The number of pyridine rings is 1. The number of carbonyl (C=O) groups is 1. The molecule has 0 aliphatic rings. The number of halogens is 1. The Morgan fingerprint density at radius 2 is 1.50 bits per heavy atom. The summed E-state index contributed by atoms with van der Waals surface area (Å²) in [5.74, 6) is -1.03. The monoisotopic (exact) mass is 320 g/mol. The molecule has 3 nitrogen and oxygen atoms in total. The summed E-state index contributed by atoms with van der Waals surface area (Å²) in [4.78, 5) is 16.1. The van der Waals surface area contributed by atoms with E-state index >= 15 is 0 Å². The molecule has 0 bridgehead atoms. The van der Waals surface area contributed by atoms with Crippen molar-refractivity contribution in [2.75, 3.05) is 0 Å². The average molecular weight is 320 g/mol. The van der Waals surface area contributed by atoms with Gasteiger partial charge in [-0.15, -0.1) is 0 Å². The number of amides is 1. The second kappa shape index (κ2) is 6.62. The molecule has 1 aromatic heterocycles. The van der Waals surface area contributed by atoms with Crippen molar-refractivity contribution >= 4 is 5.91 Å². The first-order valence-corrected chi connectivity index (χ1v) is 7.65. The van der Waals surface area contributed by atoms with Gasteiger partial charge in [0, 0.05) is 17.8 Å². The fraction of sp³-hybridized carbons (Fsp3) is 0.100. The fourth-order valence-electron chi connectivity index (χ4n) is 2.70. The highest BCUT2D eigenvalue weighted by molar-refractivity contribution is 5.95. The van der Waals surface area contributed by atoms with Gasteiger partial charge < -0.3 is 5.32 Å². The normalized spacial score (nSPS) is 11.1. The Labute approximate surface area is 140 Å². The van der Waals surface area contributed by atoms with E-state index in [9.17, 15) is 9.18 Å². The molecular weight excluding hydrogens is 303 g/mol. The lowest BCUT2D eigenvalue weighted by Crippen LogP contribution is -2.44. The number of nitrogens with zero attached hydrogens (tertiary/aromatic N) is 1. The van der Waals surface area contributed by atoms with Crippen molar-refractivity contribution in [3.63, 3.8) is 0 Å². The number of carbonyl (C=O) groups excluding carboxylic acids is 1. The molecule has 0 aliphatic heterocycles. The second-order valence-corrected chi connectivity index (χ2v) is 5.68. The van der Waals surface area contributed by atoms with Gasteiger partial charge in [-0.2, -0.15) is 4.39 Å². The molecule has 2 aromatic carbocycles. The van der Waals surface area contributed by atoms with E-state index in [1.807, 2.05) is 67.6 Å². The van der Waals surface area contributed by atoms with E-state index in [4.69, 9.17) is 0 Å². The van der Waals surface area contributed by atoms with Crippen LogP contribution in [0.5, 0.6) is 0 Å². The maximum absolute atomic E-state index is 13.3. The van der Waals surface area contributed by atoms with Crippen LogP contribution >= 0.6 is 0 Å². The van der Waals surface area contributed by atoms with E-state index in [1.165, 1.54) is 12.3 Å².